The van der Waals surface area contributed by atoms with E-state index in [9.17, 15) is 9.90 Å². The lowest BCUT2D eigenvalue weighted by Gasteiger charge is -2.26. The summed E-state index contributed by atoms with van der Waals surface area (Å²) in [5, 5.41) is 12.5. The molecule has 2 atom stereocenters. The number of hydrogen-bond donors (Lipinski definition) is 2. The molecule has 0 aromatic carbocycles. The summed E-state index contributed by atoms with van der Waals surface area (Å²) in [5.41, 5.74) is 0. The van der Waals surface area contributed by atoms with Gasteiger partial charge in [0.2, 0.25) is 11.9 Å². The van der Waals surface area contributed by atoms with Crippen molar-refractivity contribution < 1.29 is 9.90 Å². The van der Waals surface area contributed by atoms with Gasteiger partial charge in [-0.25, -0.2) is 9.97 Å². The average Bonchev–Trinajstić information content (AvgIpc) is 2.46. The van der Waals surface area contributed by atoms with E-state index in [-0.39, 0.29) is 18.6 Å². The predicted octanol–water partition coefficient (Wildman–Crippen LogP) is 0.580. The summed E-state index contributed by atoms with van der Waals surface area (Å²) in [6, 6.07) is 1.74. The number of carbonyl (C=O) groups excluding carboxylic acids is 1. The standard InChI is InChI=1S/C14H22N4O2/c1-18(14-15-6-3-7-16-14)10-13(20)17-9-11-4-2-5-12(19)8-11/h3,6-7,11-12,19H,2,4-5,8-10H2,1H3,(H,17,20). The minimum absolute atomic E-state index is 0.0417. The summed E-state index contributed by atoms with van der Waals surface area (Å²) in [4.78, 5) is 21.8. The first kappa shape index (κ1) is 14.7. The SMILES string of the molecule is CN(CC(=O)NCC1CCCC(O)C1)c1ncccn1. The quantitative estimate of drug-likeness (QED) is 0.824. The molecule has 1 aliphatic carbocycles. The summed E-state index contributed by atoms with van der Waals surface area (Å²) in [5.74, 6) is 0.886. The lowest BCUT2D eigenvalue weighted by atomic mass is 9.87. The Hall–Kier alpha value is -1.69. The second-order valence-electron chi connectivity index (χ2n) is 5.40. The Morgan fingerprint density at radius 2 is 2.20 bits per heavy atom. The molecule has 1 aliphatic rings. The van der Waals surface area contributed by atoms with Gasteiger partial charge in [0.25, 0.3) is 0 Å². The molecule has 0 bridgehead atoms. The molecule has 2 rings (SSSR count). The molecule has 20 heavy (non-hydrogen) atoms. The molecule has 6 heteroatoms. The highest BCUT2D eigenvalue weighted by atomic mass is 16.3. The number of hydrogen-bond acceptors (Lipinski definition) is 5. The van der Waals surface area contributed by atoms with Gasteiger partial charge in [0.1, 0.15) is 0 Å². The zero-order chi connectivity index (χ0) is 14.4. The molecule has 0 saturated heterocycles. The predicted molar refractivity (Wildman–Crippen MR) is 76.3 cm³/mol. The number of aliphatic hydroxyl groups is 1. The van der Waals surface area contributed by atoms with Crippen LogP contribution in [0.25, 0.3) is 0 Å². The first-order valence-electron chi connectivity index (χ1n) is 7.08. The number of amides is 1. The first-order chi connectivity index (χ1) is 9.65. The Labute approximate surface area is 119 Å². The van der Waals surface area contributed by atoms with E-state index in [4.69, 9.17) is 0 Å². The smallest absolute Gasteiger partial charge is 0.239 e. The van der Waals surface area contributed by atoms with Gasteiger partial charge >= 0.3 is 0 Å². The third-order valence-electron chi connectivity index (χ3n) is 3.62. The number of nitrogens with zero attached hydrogens (tertiary/aromatic N) is 3. The molecule has 0 aliphatic heterocycles. The molecule has 1 aromatic rings. The minimum atomic E-state index is -0.203. The number of anilines is 1. The van der Waals surface area contributed by atoms with Crippen LogP contribution in [-0.2, 0) is 4.79 Å². The van der Waals surface area contributed by atoms with Crippen molar-refractivity contribution in [1.29, 1.82) is 0 Å². The summed E-state index contributed by atoms with van der Waals surface area (Å²) < 4.78 is 0. The topological polar surface area (TPSA) is 78.4 Å². The molecule has 1 saturated carbocycles. The van der Waals surface area contributed by atoms with E-state index in [1.807, 2.05) is 0 Å². The van der Waals surface area contributed by atoms with Crippen LogP contribution in [0.2, 0.25) is 0 Å². The fraction of sp³-hybridized carbons (Fsp3) is 0.643. The Morgan fingerprint density at radius 1 is 1.45 bits per heavy atom. The molecule has 110 valence electrons. The zero-order valence-corrected chi connectivity index (χ0v) is 11.8. The molecule has 1 aromatic heterocycles. The molecular formula is C14H22N4O2. The van der Waals surface area contributed by atoms with Crippen LogP contribution in [0.4, 0.5) is 5.95 Å². The number of aliphatic hydroxyl groups excluding tert-OH is 1. The maximum absolute atomic E-state index is 11.9. The maximum Gasteiger partial charge on any atom is 0.239 e. The highest BCUT2D eigenvalue weighted by Gasteiger charge is 2.20. The molecule has 0 radical (unpaired) electrons. The van der Waals surface area contributed by atoms with Crippen molar-refractivity contribution in [3.8, 4) is 0 Å². The second kappa shape index (κ2) is 7.19. The van der Waals surface area contributed by atoms with E-state index >= 15 is 0 Å². The van der Waals surface area contributed by atoms with Gasteiger partial charge in [0.15, 0.2) is 0 Å². The van der Waals surface area contributed by atoms with E-state index in [0.29, 0.717) is 18.4 Å². The van der Waals surface area contributed by atoms with E-state index < -0.39 is 0 Å². The van der Waals surface area contributed by atoms with Crippen molar-refractivity contribution in [3.05, 3.63) is 18.5 Å². The van der Waals surface area contributed by atoms with Crippen LogP contribution in [0.15, 0.2) is 18.5 Å². The molecule has 1 fully saturated rings. The van der Waals surface area contributed by atoms with Crippen LogP contribution in [-0.4, -0.2) is 47.2 Å². The van der Waals surface area contributed by atoms with Crippen molar-refractivity contribution in [2.45, 2.75) is 31.8 Å². The number of nitrogens with one attached hydrogen (secondary N) is 1. The number of carbonyl (C=O) groups is 1. The van der Waals surface area contributed by atoms with Gasteiger partial charge in [-0.05, 0) is 31.2 Å². The summed E-state index contributed by atoms with van der Waals surface area (Å²) in [6.07, 6.45) is 6.90. The van der Waals surface area contributed by atoms with Gasteiger partial charge in [-0.1, -0.05) is 6.42 Å². The first-order valence-corrected chi connectivity index (χ1v) is 7.08. The van der Waals surface area contributed by atoms with Gasteiger partial charge in [-0.15, -0.1) is 0 Å². The molecular weight excluding hydrogens is 256 g/mol. The van der Waals surface area contributed by atoms with Crippen LogP contribution >= 0.6 is 0 Å². The van der Waals surface area contributed by atoms with E-state index in [2.05, 4.69) is 15.3 Å². The third-order valence-corrected chi connectivity index (χ3v) is 3.62. The fourth-order valence-electron chi connectivity index (χ4n) is 2.54. The summed E-state index contributed by atoms with van der Waals surface area (Å²) in [6.45, 7) is 0.874. The van der Waals surface area contributed by atoms with E-state index in [0.717, 1.165) is 25.7 Å². The average molecular weight is 278 g/mol. The van der Waals surface area contributed by atoms with E-state index in [1.54, 1.807) is 30.4 Å². The second-order valence-corrected chi connectivity index (χ2v) is 5.40. The largest absolute Gasteiger partial charge is 0.393 e. The summed E-state index contributed by atoms with van der Waals surface area (Å²) in [7, 11) is 1.79. The highest BCUT2D eigenvalue weighted by molar-refractivity contribution is 5.80. The lowest BCUT2D eigenvalue weighted by Crippen LogP contribution is -2.39. The van der Waals surface area contributed by atoms with Gasteiger partial charge in [-0.3, -0.25) is 4.79 Å². The summed E-state index contributed by atoms with van der Waals surface area (Å²) >= 11 is 0. The Bertz CT molecular complexity index is 426. The number of likely N-dealkylation sites (N-methyl/N-ethyl adjacent to an activating group) is 1. The van der Waals surface area contributed by atoms with Crippen molar-refractivity contribution in [2.24, 2.45) is 5.92 Å². The van der Waals surface area contributed by atoms with Crippen LogP contribution in [0.5, 0.6) is 0 Å². The number of rotatable bonds is 5. The van der Waals surface area contributed by atoms with Crippen LogP contribution in [0.3, 0.4) is 0 Å². The fourth-order valence-corrected chi connectivity index (χ4v) is 2.54. The molecule has 1 amide bonds. The van der Waals surface area contributed by atoms with Gasteiger partial charge < -0.3 is 15.3 Å². The maximum atomic E-state index is 11.9. The molecule has 2 unspecified atom stereocenters. The molecule has 2 N–H and O–H groups in total. The molecule has 1 heterocycles. The van der Waals surface area contributed by atoms with Crippen LogP contribution in [0, 0.1) is 5.92 Å². The van der Waals surface area contributed by atoms with Crippen molar-refractivity contribution >= 4 is 11.9 Å². The van der Waals surface area contributed by atoms with Gasteiger partial charge in [-0.2, -0.15) is 0 Å². The molecule has 0 spiro atoms. The van der Waals surface area contributed by atoms with Crippen molar-refractivity contribution in [1.82, 2.24) is 15.3 Å². The van der Waals surface area contributed by atoms with Gasteiger partial charge in [0.05, 0.1) is 12.6 Å². The lowest BCUT2D eigenvalue weighted by molar-refractivity contribution is -0.120. The molecule has 6 nitrogen and oxygen atoms in total. The monoisotopic (exact) mass is 278 g/mol. The van der Waals surface area contributed by atoms with Crippen LogP contribution in [0.1, 0.15) is 25.7 Å². The zero-order valence-electron chi connectivity index (χ0n) is 11.8. The number of aromatic nitrogens is 2. The van der Waals surface area contributed by atoms with Gasteiger partial charge in [0, 0.05) is 26.0 Å². The minimum Gasteiger partial charge on any atom is -0.393 e. The Balaban J connectivity index is 1.72. The normalized spacial score (nSPS) is 22.3. The Kier molecular flexibility index (Phi) is 5.29. The third kappa shape index (κ3) is 4.45. The van der Waals surface area contributed by atoms with Crippen LogP contribution < -0.4 is 10.2 Å². The highest BCUT2D eigenvalue weighted by Crippen LogP contribution is 2.23. The van der Waals surface area contributed by atoms with Crippen molar-refractivity contribution in [2.75, 3.05) is 25.0 Å². The van der Waals surface area contributed by atoms with Crippen molar-refractivity contribution in [3.63, 3.8) is 0 Å². The van der Waals surface area contributed by atoms with E-state index in [1.165, 1.54) is 0 Å². The Morgan fingerprint density at radius 3 is 2.90 bits per heavy atom.